The lowest BCUT2D eigenvalue weighted by molar-refractivity contribution is 0.129. The van der Waals surface area contributed by atoms with Crippen LogP contribution in [0.15, 0.2) is 0 Å². The van der Waals surface area contributed by atoms with Crippen LogP contribution in [0.4, 0.5) is 0 Å². The molecule has 1 saturated carbocycles. The van der Waals surface area contributed by atoms with Gasteiger partial charge >= 0.3 is 0 Å². The molecule has 4 nitrogen and oxygen atoms in total. The molecule has 3 fully saturated rings. The summed E-state index contributed by atoms with van der Waals surface area (Å²) < 4.78 is 27.5. The van der Waals surface area contributed by atoms with Gasteiger partial charge in [-0.1, -0.05) is 19.3 Å². The van der Waals surface area contributed by atoms with Crippen molar-refractivity contribution in [3.05, 3.63) is 0 Å². The molecule has 0 aromatic heterocycles. The van der Waals surface area contributed by atoms with Gasteiger partial charge in [0.1, 0.15) is 0 Å². The number of hydrogen-bond acceptors (Lipinski definition) is 3. The van der Waals surface area contributed by atoms with Gasteiger partial charge in [-0.2, -0.15) is 4.31 Å². The van der Waals surface area contributed by atoms with Crippen molar-refractivity contribution in [3.8, 4) is 0 Å². The number of nitrogens with one attached hydrogen (secondary N) is 1. The quantitative estimate of drug-likeness (QED) is 0.867. The van der Waals surface area contributed by atoms with Crippen LogP contribution >= 0.6 is 0 Å². The summed E-state index contributed by atoms with van der Waals surface area (Å²) in [6, 6.07) is 0.734. The van der Waals surface area contributed by atoms with Crippen LogP contribution in [0.5, 0.6) is 0 Å². The van der Waals surface area contributed by atoms with E-state index in [0.29, 0.717) is 23.8 Å². The Labute approximate surface area is 129 Å². The Bertz CT molecular complexity index is 430. The minimum absolute atomic E-state index is 0.316. The molecule has 1 N–H and O–H groups in total. The summed E-state index contributed by atoms with van der Waals surface area (Å²) in [5.74, 6) is 0.975. The second-order valence-electron chi connectivity index (χ2n) is 7.12. The standard InChI is InChI=1S/C16H30N2O2S/c19-21(20,13-10-15-8-3-4-11-17-15)18-12-5-7-14-6-1-2-9-16(14)18/h14-17H,1-13H2/t14-,15?,16-/m1/s1. The number of fused-ring (bicyclic) bond motifs is 1. The van der Waals surface area contributed by atoms with Crippen molar-refractivity contribution in [1.29, 1.82) is 0 Å². The number of rotatable bonds is 4. The molecule has 3 rings (SSSR count). The normalized spacial score (nSPS) is 35.3. The fraction of sp³-hybridized carbons (Fsp3) is 1.00. The summed E-state index contributed by atoms with van der Waals surface area (Å²) in [7, 11) is -3.06. The van der Waals surface area contributed by atoms with E-state index in [9.17, 15) is 8.42 Å². The Kier molecular flexibility index (Phi) is 5.23. The molecule has 21 heavy (non-hydrogen) atoms. The second kappa shape index (κ2) is 6.97. The summed E-state index contributed by atoms with van der Waals surface area (Å²) in [5, 5.41) is 3.47. The Balaban J connectivity index is 1.60. The Hall–Kier alpha value is -0.130. The first kappa shape index (κ1) is 15.8. The summed E-state index contributed by atoms with van der Waals surface area (Å²) in [6.45, 7) is 1.82. The third-order valence-electron chi connectivity index (χ3n) is 5.69. The van der Waals surface area contributed by atoms with Crippen LogP contribution in [0.1, 0.15) is 64.2 Å². The van der Waals surface area contributed by atoms with Gasteiger partial charge < -0.3 is 5.32 Å². The van der Waals surface area contributed by atoms with Gasteiger partial charge in [-0.15, -0.1) is 0 Å². The predicted octanol–water partition coefficient (Wildman–Crippen LogP) is 2.50. The maximum absolute atomic E-state index is 12.8. The molecule has 3 atom stereocenters. The third-order valence-corrected chi connectivity index (χ3v) is 7.61. The highest BCUT2D eigenvalue weighted by molar-refractivity contribution is 7.89. The number of nitrogens with zero attached hydrogens (tertiary/aromatic N) is 1. The van der Waals surface area contributed by atoms with Crippen LogP contribution < -0.4 is 5.32 Å². The van der Waals surface area contributed by atoms with Gasteiger partial charge in [-0.3, -0.25) is 0 Å². The molecule has 0 bridgehead atoms. The summed E-state index contributed by atoms with van der Waals surface area (Å²) >= 11 is 0. The van der Waals surface area contributed by atoms with Gasteiger partial charge in [0.15, 0.2) is 0 Å². The van der Waals surface area contributed by atoms with Crippen molar-refractivity contribution >= 4 is 10.0 Å². The summed E-state index contributed by atoms with van der Waals surface area (Å²) in [4.78, 5) is 0. The van der Waals surface area contributed by atoms with Gasteiger partial charge in [0, 0.05) is 18.6 Å². The molecule has 2 saturated heterocycles. The zero-order valence-corrected chi connectivity index (χ0v) is 13.9. The lowest BCUT2D eigenvalue weighted by Crippen LogP contribution is -2.50. The minimum atomic E-state index is -3.06. The van der Waals surface area contributed by atoms with Crippen molar-refractivity contribution in [3.63, 3.8) is 0 Å². The van der Waals surface area contributed by atoms with Crippen molar-refractivity contribution in [2.45, 2.75) is 76.3 Å². The molecule has 5 heteroatoms. The van der Waals surface area contributed by atoms with Crippen LogP contribution in [0.3, 0.4) is 0 Å². The van der Waals surface area contributed by atoms with Crippen LogP contribution in [0.25, 0.3) is 0 Å². The predicted molar refractivity (Wildman–Crippen MR) is 85.7 cm³/mol. The fourth-order valence-corrected chi connectivity index (χ4v) is 6.42. The first-order valence-corrected chi connectivity index (χ1v) is 10.5. The molecular weight excluding hydrogens is 284 g/mol. The third kappa shape index (κ3) is 3.80. The molecule has 0 radical (unpaired) electrons. The topological polar surface area (TPSA) is 49.4 Å². The highest BCUT2D eigenvalue weighted by Gasteiger charge is 2.39. The lowest BCUT2D eigenvalue weighted by Gasteiger charge is -2.43. The van der Waals surface area contributed by atoms with Crippen molar-refractivity contribution in [2.24, 2.45) is 5.92 Å². The van der Waals surface area contributed by atoms with Crippen LogP contribution in [-0.2, 0) is 10.0 Å². The van der Waals surface area contributed by atoms with Crippen molar-refractivity contribution in [2.75, 3.05) is 18.8 Å². The molecule has 0 aromatic rings. The van der Waals surface area contributed by atoms with E-state index < -0.39 is 10.0 Å². The Morgan fingerprint density at radius 1 is 0.952 bits per heavy atom. The van der Waals surface area contributed by atoms with Gasteiger partial charge in [0.25, 0.3) is 0 Å². The van der Waals surface area contributed by atoms with Gasteiger partial charge in [0.2, 0.25) is 10.0 Å². The minimum Gasteiger partial charge on any atom is -0.314 e. The average molecular weight is 314 g/mol. The SMILES string of the molecule is O=S(=O)(CCC1CCCCN1)N1CCC[C@H]2CCCC[C@H]21. The molecule has 2 aliphatic heterocycles. The summed E-state index contributed by atoms with van der Waals surface area (Å²) in [5.41, 5.74) is 0. The highest BCUT2D eigenvalue weighted by Crippen LogP contribution is 2.36. The molecule has 1 aliphatic carbocycles. The summed E-state index contributed by atoms with van der Waals surface area (Å²) in [6.07, 6.45) is 11.5. The molecule has 0 aromatic carbocycles. The van der Waals surface area contributed by atoms with Crippen LogP contribution in [-0.4, -0.2) is 43.6 Å². The maximum Gasteiger partial charge on any atom is 0.214 e. The zero-order valence-electron chi connectivity index (χ0n) is 13.1. The largest absolute Gasteiger partial charge is 0.314 e. The molecule has 0 spiro atoms. The molecule has 3 aliphatic rings. The van der Waals surface area contributed by atoms with Crippen molar-refractivity contribution < 1.29 is 8.42 Å². The molecule has 2 heterocycles. The maximum atomic E-state index is 12.8. The van der Waals surface area contributed by atoms with Crippen LogP contribution in [0, 0.1) is 5.92 Å². The van der Waals surface area contributed by atoms with E-state index in [1.807, 2.05) is 4.31 Å². The fourth-order valence-electron chi connectivity index (χ4n) is 4.50. The molecule has 0 amide bonds. The molecule has 1 unspecified atom stereocenters. The Morgan fingerprint density at radius 3 is 2.52 bits per heavy atom. The van der Waals surface area contributed by atoms with Gasteiger partial charge in [-0.05, 0) is 57.4 Å². The highest BCUT2D eigenvalue weighted by atomic mass is 32.2. The van der Waals surface area contributed by atoms with E-state index in [4.69, 9.17) is 0 Å². The monoisotopic (exact) mass is 314 g/mol. The van der Waals surface area contributed by atoms with E-state index in [-0.39, 0.29) is 0 Å². The molecular formula is C16H30N2O2S. The average Bonchev–Trinajstić information content (AvgIpc) is 2.53. The van der Waals surface area contributed by atoms with E-state index in [1.165, 1.54) is 38.5 Å². The van der Waals surface area contributed by atoms with Crippen LogP contribution in [0.2, 0.25) is 0 Å². The van der Waals surface area contributed by atoms with E-state index in [2.05, 4.69) is 5.32 Å². The zero-order chi connectivity index (χ0) is 14.7. The second-order valence-corrected chi connectivity index (χ2v) is 9.16. The Morgan fingerprint density at radius 2 is 1.71 bits per heavy atom. The first-order chi connectivity index (χ1) is 10.2. The smallest absolute Gasteiger partial charge is 0.214 e. The first-order valence-electron chi connectivity index (χ1n) is 8.90. The van der Waals surface area contributed by atoms with E-state index in [0.717, 1.165) is 38.8 Å². The van der Waals surface area contributed by atoms with Gasteiger partial charge in [0.05, 0.1) is 5.75 Å². The van der Waals surface area contributed by atoms with E-state index in [1.54, 1.807) is 0 Å². The lowest BCUT2D eigenvalue weighted by atomic mass is 9.79. The van der Waals surface area contributed by atoms with Crippen molar-refractivity contribution in [1.82, 2.24) is 9.62 Å². The molecule has 122 valence electrons. The number of sulfonamides is 1. The van der Waals surface area contributed by atoms with E-state index >= 15 is 0 Å². The number of hydrogen-bond donors (Lipinski definition) is 1. The number of piperidine rings is 2. The van der Waals surface area contributed by atoms with Gasteiger partial charge in [-0.25, -0.2) is 8.42 Å².